The van der Waals surface area contributed by atoms with Gasteiger partial charge in [0.1, 0.15) is 18.1 Å². The predicted molar refractivity (Wildman–Crippen MR) is 103 cm³/mol. The van der Waals surface area contributed by atoms with Crippen LogP contribution >= 0.6 is 0 Å². The molecule has 1 heterocycles. The summed E-state index contributed by atoms with van der Waals surface area (Å²) in [4.78, 5) is 15.6. The van der Waals surface area contributed by atoms with E-state index in [1.165, 1.54) is 6.92 Å². The summed E-state index contributed by atoms with van der Waals surface area (Å²) < 4.78 is 11.0. The van der Waals surface area contributed by atoms with Crippen LogP contribution in [0.5, 0.6) is 5.75 Å². The number of nitrogens with zero attached hydrogens (tertiary/aromatic N) is 1. The second-order valence-electron chi connectivity index (χ2n) is 5.57. The van der Waals surface area contributed by atoms with Gasteiger partial charge in [-0.25, -0.2) is 0 Å². The smallest absolute Gasteiger partial charge is 0.221 e. The van der Waals surface area contributed by atoms with Crippen molar-refractivity contribution >= 4 is 17.6 Å². The van der Waals surface area contributed by atoms with E-state index in [1.54, 1.807) is 12.3 Å². The molecule has 2 aromatic rings. The normalized spacial score (nSPS) is 11.1. The Bertz CT molecular complexity index is 699. The lowest BCUT2D eigenvalue weighted by Crippen LogP contribution is -2.39. The standard InChI is InChI=1S/C19H26N4O3/c1-3-20-19(21-10-9-17-8-5-12-25-17)22-11-13-26-18-7-4-6-16(14-18)23-15(2)24/h4-8,12,14H,3,9-11,13H2,1-2H3,(H,23,24)(H2,20,21,22). The maximum absolute atomic E-state index is 11.1. The highest BCUT2D eigenvalue weighted by molar-refractivity contribution is 5.88. The Morgan fingerprint density at radius 3 is 2.85 bits per heavy atom. The van der Waals surface area contributed by atoms with E-state index in [-0.39, 0.29) is 5.91 Å². The summed E-state index contributed by atoms with van der Waals surface area (Å²) in [6, 6.07) is 11.1. The molecule has 0 radical (unpaired) electrons. The van der Waals surface area contributed by atoms with Gasteiger partial charge in [-0.2, -0.15) is 0 Å². The van der Waals surface area contributed by atoms with Crippen molar-refractivity contribution in [2.75, 3.05) is 31.6 Å². The van der Waals surface area contributed by atoms with Crippen molar-refractivity contribution < 1.29 is 13.9 Å². The SMILES string of the molecule is CCNC(=NCCc1ccco1)NCCOc1cccc(NC(C)=O)c1. The van der Waals surface area contributed by atoms with Crippen LogP contribution in [0.1, 0.15) is 19.6 Å². The first-order chi connectivity index (χ1) is 12.7. The minimum absolute atomic E-state index is 0.107. The summed E-state index contributed by atoms with van der Waals surface area (Å²) in [5.74, 6) is 2.27. The molecule has 0 aliphatic heterocycles. The summed E-state index contributed by atoms with van der Waals surface area (Å²) in [5.41, 5.74) is 0.718. The van der Waals surface area contributed by atoms with Gasteiger partial charge < -0.3 is 25.1 Å². The third kappa shape index (κ3) is 7.29. The molecule has 3 N–H and O–H groups in total. The fourth-order valence-electron chi connectivity index (χ4n) is 2.28. The van der Waals surface area contributed by atoms with Gasteiger partial charge in [0.25, 0.3) is 0 Å². The quantitative estimate of drug-likeness (QED) is 0.364. The molecule has 0 unspecified atom stereocenters. The Morgan fingerprint density at radius 2 is 2.12 bits per heavy atom. The number of guanidine groups is 1. The van der Waals surface area contributed by atoms with Crippen LogP contribution in [-0.2, 0) is 11.2 Å². The fraction of sp³-hybridized carbons (Fsp3) is 0.368. The molecular formula is C19H26N4O3. The molecule has 0 aliphatic rings. The number of carbonyl (C=O) groups is 1. The summed E-state index contributed by atoms with van der Waals surface area (Å²) in [6.45, 7) is 6.01. The fourth-order valence-corrected chi connectivity index (χ4v) is 2.28. The Hall–Kier alpha value is -2.96. The van der Waals surface area contributed by atoms with Crippen molar-refractivity contribution in [3.05, 3.63) is 48.4 Å². The number of aliphatic imine (C=N–C) groups is 1. The van der Waals surface area contributed by atoms with Crippen LogP contribution < -0.4 is 20.7 Å². The first-order valence-corrected chi connectivity index (χ1v) is 8.72. The van der Waals surface area contributed by atoms with E-state index < -0.39 is 0 Å². The van der Waals surface area contributed by atoms with E-state index in [2.05, 4.69) is 20.9 Å². The highest BCUT2D eigenvalue weighted by atomic mass is 16.5. The van der Waals surface area contributed by atoms with Crippen molar-refractivity contribution in [2.45, 2.75) is 20.3 Å². The third-order valence-corrected chi connectivity index (χ3v) is 3.37. The summed E-state index contributed by atoms with van der Waals surface area (Å²) in [5, 5.41) is 9.16. The van der Waals surface area contributed by atoms with Gasteiger partial charge in [-0.1, -0.05) is 6.07 Å². The number of nitrogens with one attached hydrogen (secondary N) is 3. The minimum atomic E-state index is -0.107. The second-order valence-corrected chi connectivity index (χ2v) is 5.57. The highest BCUT2D eigenvalue weighted by Gasteiger charge is 2.01. The van der Waals surface area contributed by atoms with Crippen molar-refractivity contribution in [1.82, 2.24) is 10.6 Å². The number of hydrogen-bond acceptors (Lipinski definition) is 4. The summed E-state index contributed by atoms with van der Waals surface area (Å²) in [6.07, 6.45) is 2.43. The minimum Gasteiger partial charge on any atom is -0.492 e. The maximum atomic E-state index is 11.1. The van der Waals surface area contributed by atoms with Crippen LogP contribution in [0.15, 0.2) is 52.1 Å². The summed E-state index contributed by atoms with van der Waals surface area (Å²) >= 11 is 0. The molecule has 1 aromatic heterocycles. The molecule has 0 spiro atoms. The highest BCUT2D eigenvalue weighted by Crippen LogP contribution is 2.16. The lowest BCUT2D eigenvalue weighted by Gasteiger charge is -2.12. The molecule has 1 aromatic carbocycles. The molecule has 26 heavy (non-hydrogen) atoms. The molecule has 0 saturated carbocycles. The zero-order valence-electron chi connectivity index (χ0n) is 15.2. The molecular weight excluding hydrogens is 332 g/mol. The topological polar surface area (TPSA) is 87.9 Å². The first-order valence-electron chi connectivity index (χ1n) is 8.72. The molecule has 0 saturated heterocycles. The van der Waals surface area contributed by atoms with E-state index in [1.807, 2.05) is 37.3 Å². The lowest BCUT2D eigenvalue weighted by atomic mass is 10.3. The number of furan rings is 1. The van der Waals surface area contributed by atoms with E-state index in [0.29, 0.717) is 25.4 Å². The number of benzene rings is 1. The molecule has 0 aliphatic carbocycles. The number of carbonyl (C=O) groups excluding carboxylic acids is 1. The van der Waals surface area contributed by atoms with Crippen LogP contribution in [0.25, 0.3) is 0 Å². The zero-order valence-corrected chi connectivity index (χ0v) is 15.2. The number of ether oxygens (including phenoxy) is 1. The molecule has 7 nitrogen and oxygen atoms in total. The summed E-state index contributed by atoms with van der Waals surface area (Å²) in [7, 11) is 0. The lowest BCUT2D eigenvalue weighted by molar-refractivity contribution is -0.114. The van der Waals surface area contributed by atoms with Crippen molar-refractivity contribution in [2.24, 2.45) is 4.99 Å². The molecule has 0 atom stereocenters. The number of amides is 1. The molecule has 0 fully saturated rings. The number of hydrogen-bond donors (Lipinski definition) is 3. The van der Waals surface area contributed by atoms with Crippen LogP contribution in [0, 0.1) is 0 Å². The average molecular weight is 358 g/mol. The van der Waals surface area contributed by atoms with Gasteiger partial charge in [0.2, 0.25) is 5.91 Å². The predicted octanol–water partition coefficient (Wildman–Crippen LogP) is 2.41. The molecule has 140 valence electrons. The van der Waals surface area contributed by atoms with Gasteiger partial charge in [-0.05, 0) is 31.2 Å². The van der Waals surface area contributed by atoms with Crippen LogP contribution in [0.2, 0.25) is 0 Å². The molecule has 1 amide bonds. The largest absolute Gasteiger partial charge is 0.492 e. The molecule has 0 bridgehead atoms. The van der Waals surface area contributed by atoms with Gasteiger partial charge in [-0.15, -0.1) is 0 Å². The average Bonchev–Trinajstić information content (AvgIpc) is 3.12. The van der Waals surface area contributed by atoms with Gasteiger partial charge in [0, 0.05) is 38.2 Å². The monoisotopic (exact) mass is 358 g/mol. The Kier molecular flexibility index (Phi) is 8.05. The van der Waals surface area contributed by atoms with E-state index in [4.69, 9.17) is 9.15 Å². The van der Waals surface area contributed by atoms with E-state index in [0.717, 1.165) is 30.4 Å². The van der Waals surface area contributed by atoms with Gasteiger partial charge >= 0.3 is 0 Å². The third-order valence-electron chi connectivity index (χ3n) is 3.37. The Balaban J connectivity index is 1.74. The van der Waals surface area contributed by atoms with Crippen LogP contribution in [0.4, 0.5) is 5.69 Å². The van der Waals surface area contributed by atoms with E-state index in [9.17, 15) is 4.79 Å². The number of rotatable bonds is 9. The maximum Gasteiger partial charge on any atom is 0.221 e. The molecule has 7 heteroatoms. The number of anilines is 1. The van der Waals surface area contributed by atoms with Crippen molar-refractivity contribution in [1.29, 1.82) is 0 Å². The Morgan fingerprint density at radius 1 is 1.23 bits per heavy atom. The second kappa shape index (κ2) is 10.8. The van der Waals surface area contributed by atoms with Crippen LogP contribution in [-0.4, -0.2) is 38.1 Å². The van der Waals surface area contributed by atoms with Crippen molar-refractivity contribution in [3.8, 4) is 5.75 Å². The van der Waals surface area contributed by atoms with Crippen molar-refractivity contribution in [3.63, 3.8) is 0 Å². The van der Waals surface area contributed by atoms with Gasteiger partial charge in [-0.3, -0.25) is 9.79 Å². The van der Waals surface area contributed by atoms with Crippen LogP contribution in [0.3, 0.4) is 0 Å². The van der Waals surface area contributed by atoms with Gasteiger partial charge in [0.15, 0.2) is 5.96 Å². The molecule has 2 rings (SSSR count). The zero-order chi connectivity index (χ0) is 18.6. The van der Waals surface area contributed by atoms with Gasteiger partial charge in [0.05, 0.1) is 12.8 Å². The first kappa shape index (κ1) is 19.4. The van der Waals surface area contributed by atoms with E-state index >= 15 is 0 Å². The Labute approximate surface area is 153 Å².